The highest BCUT2D eigenvalue weighted by molar-refractivity contribution is 6.04. The topological polar surface area (TPSA) is 55.1 Å². The fraction of sp³-hybridized carbons (Fsp3) is 0.0714. The number of amides is 1. The Bertz CT molecular complexity index is 624. The second-order valence-electron chi connectivity index (χ2n) is 4.16. The van der Waals surface area contributed by atoms with Gasteiger partial charge in [-0.1, -0.05) is 0 Å². The van der Waals surface area contributed by atoms with Crippen LogP contribution in [0, 0.1) is 18.6 Å². The molecular formula is C14H12F2N2O. The van der Waals surface area contributed by atoms with Crippen LogP contribution in [0.15, 0.2) is 36.4 Å². The Balaban J connectivity index is 2.25. The zero-order valence-corrected chi connectivity index (χ0v) is 10.2. The number of hydrogen-bond donors (Lipinski definition) is 2. The van der Waals surface area contributed by atoms with Crippen molar-refractivity contribution in [2.45, 2.75) is 6.92 Å². The summed E-state index contributed by atoms with van der Waals surface area (Å²) < 4.78 is 26.6. The van der Waals surface area contributed by atoms with E-state index in [9.17, 15) is 13.6 Å². The van der Waals surface area contributed by atoms with E-state index in [2.05, 4.69) is 5.32 Å². The van der Waals surface area contributed by atoms with Crippen molar-refractivity contribution in [3.05, 3.63) is 59.2 Å². The van der Waals surface area contributed by atoms with Crippen molar-refractivity contribution in [3.63, 3.8) is 0 Å². The summed E-state index contributed by atoms with van der Waals surface area (Å²) in [7, 11) is 0. The van der Waals surface area contributed by atoms with E-state index < -0.39 is 17.5 Å². The van der Waals surface area contributed by atoms with Gasteiger partial charge in [-0.3, -0.25) is 4.79 Å². The van der Waals surface area contributed by atoms with Crippen molar-refractivity contribution in [2.24, 2.45) is 0 Å². The van der Waals surface area contributed by atoms with Gasteiger partial charge in [-0.15, -0.1) is 0 Å². The Morgan fingerprint density at radius 2 is 1.74 bits per heavy atom. The molecule has 0 fully saturated rings. The summed E-state index contributed by atoms with van der Waals surface area (Å²) >= 11 is 0. The van der Waals surface area contributed by atoms with Crippen molar-refractivity contribution < 1.29 is 13.6 Å². The summed E-state index contributed by atoms with van der Waals surface area (Å²) in [5.41, 5.74) is 6.57. The number of anilines is 2. The van der Waals surface area contributed by atoms with Gasteiger partial charge >= 0.3 is 0 Å². The van der Waals surface area contributed by atoms with E-state index in [4.69, 9.17) is 5.73 Å². The molecule has 0 radical (unpaired) electrons. The van der Waals surface area contributed by atoms with E-state index in [0.29, 0.717) is 17.4 Å². The van der Waals surface area contributed by atoms with Crippen LogP contribution in [-0.2, 0) is 0 Å². The monoisotopic (exact) mass is 262 g/mol. The van der Waals surface area contributed by atoms with Crippen LogP contribution in [0.4, 0.5) is 20.2 Å². The van der Waals surface area contributed by atoms with E-state index >= 15 is 0 Å². The van der Waals surface area contributed by atoms with Gasteiger partial charge in [0.25, 0.3) is 5.91 Å². The van der Waals surface area contributed by atoms with E-state index in [1.807, 2.05) is 0 Å². The van der Waals surface area contributed by atoms with Crippen molar-refractivity contribution in [2.75, 3.05) is 11.1 Å². The van der Waals surface area contributed by atoms with Gasteiger partial charge in [0.2, 0.25) is 0 Å². The van der Waals surface area contributed by atoms with Gasteiger partial charge in [-0.25, -0.2) is 8.78 Å². The summed E-state index contributed by atoms with van der Waals surface area (Å²) in [4.78, 5) is 11.9. The lowest BCUT2D eigenvalue weighted by atomic mass is 10.1. The summed E-state index contributed by atoms with van der Waals surface area (Å²) in [5, 5.41) is 2.52. The zero-order valence-electron chi connectivity index (χ0n) is 10.2. The largest absolute Gasteiger partial charge is 0.399 e. The van der Waals surface area contributed by atoms with Gasteiger partial charge in [0.05, 0.1) is 5.56 Å². The summed E-state index contributed by atoms with van der Waals surface area (Å²) in [6.07, 6.45) is 0. The predicted octanol–water partition coefficient (Wildman–Crippen LogP) is 3.11. The van der Waals surface area contributed by atoms with Gasteiger partial charge in [-0.2, -0.15) is 0 Å². The molecule has 3 nitrogen and oxygen atoms in total. The maximum absolute atomic E-state index is 13.5. The number of benzene rings is 2. The van der Waals surface area contributed by atoms with Crippen molar-refractivity contribution >= 4 is 17.3 Å². The predicted molar refractivity (Wildman–Crippen MR) is 69.9 cm³/mol. The molecule has 1 amide bonds. The molecule has 0 aromatic heterocycles. The molecule has 3 N–H and O–H groups in total. The number of halogens is 2. The molecule has 2 aromatic rings. The van der Waals surface area contributed by atoms with Gasteiger partial charge < -0.3 is 11.1 Å². The van der Waals surface area contributed by atoms with E-state index in [1.54, 1.807) is 24.3 Å². The van der Waals surface area contributed by atoms with Crippen LogP contribution in [-0.4, -0.2) is 5.91 Å². The molecular weight excluding hydrogens is 250 g/mol. The molecule has 0 unspecified atom stereocenters. The Labute approximate surface area is 109 Å². The minimum Gasteiger partial charge on any atom is -0.399 e. The minimum atomic E-state index is -0.893. The maximum Gasteiger partial charge on any atom is 0.258 e. The standard InChI is InChI=1S/C14H12F2N2O/c1-8-6-11(13(16)7-12(8)15)14(19)18-10-4-2-9(17)3-5-10/h2-7H,17H2,1H3,(H,18,19). The highest BCUT2D eigenvalue weighted by Gasteiger charge is 2.14. The first kappa shape index (κ1) is 13.0. The Hall–Kier alpha value is -2.43. The van der Waals surface area contributed by atoms with E-state index in [1.165, 1.54) is 13.0 Å². The number of rotatable bonds is 2. The van der Waals surface area contributed by atoms with Crippen molar-refractivity contribution in [1.29, 1.82) is 0 Å². The molecule has 0 spiro atoms. The highest BCUT2D eigenvalue weighted by atomic mass is 19.1. The lowest BCUT2D eigenvalue weighted by Crippen LogP contribution is -2.14. The first-order valence-electron chi connectivity index (χ1n) is 5.60. The molecule has 2 aromatic carbocycles. The lowest BCUT2D eigenvalue weighted by Gasteiger charge is -2.07. The molecule has 0 aliphatic heterocycles. The number of nitrogens with one attached hydrogen (secondary N) is 1. The Morgan fingerprint density at radius 1 is 1.11 bits per heavy atom. The summed E-state index contributed by atoms with van der Waals surface area (Å²) in [5.74, 6) is -2.21. The smallest absolute Gasteiger partial charge is 0.258 e. The third-order valence-electron chi connectivity index (χ3n) is 2.66. The average Bonchev–Trinajstić information content (AvgIpc) is 2.36. The fourth-order valence-corrected chi connectivity index (χ4v) is 1.60. The first-order valence-corrected chi connectivity index (χ1v) is 5.60. The number of nitrogens with two attached hydrogens (primary N) is 1. The highest BCUT2D eigenvalue weighted by Crippen LogP contribution is 2.17. The van der Waals surface area contributed by atoms with Crippen LogP contribution < -0.4 is 11.1 Å². The third kappa shape index (κ3) is 2.88. The van der Waals surface area contributed by atoms with Crippen LogP contribution >= 0.6 is 0 Å². The normalized spacial score (nSPS) is 10.3. The van der Waals surface area contributed by atoms with Crippen LogP contribution in [0.25, 0.3) is 0 Å². The van der Waals surface area contributed by atoms with Crippen LogP contribution in [0.3, 0.4) is 0 Å². The van der Waals surface area contributed by atoms with Gasteiger partial charge in [0.15, 0.2) is 0 Å². The molecule has 5 heteroatoms. The zero-order chi connectivity index (χ0) is 14.0. The van der Waals surface area contributed by atoms with E-state index in [0.717, 1.165) is 0 Å². The van der Waals surface area contributed by atoms with E-state index in [-0.39, 0.29) is 11.1 Å². The maximum atomic E-state index is 13.5. The van der Waals surface area contributed by atoms with Crippen LogP contribution in [0.5, 0.6) is 0 Å². The first-order chi connectivity index (χ1) is 8.97. The molecule has 0 heterocycles. The molecule has 98 valence electrons. The number of aryl methyl sites for hydroxylation is 1. The van der Waals surface area contributed by atoms with Gasteiger partial charge in [0, 0.05) is 17.4 Å². The number of hydrogen-bond acceptors (Lipinski definition) is 2. The second kappa shape index (κ2) is 5.06. The summed E-state index contributed by atoms with van der Waals surface area (Å²) in [6.45, 7) is 1.47. The van der Waals surface area contributed by atoms with Crippen molar-refractivity contribution in [3.8, 4) is 0 Å². The summed E-state index contributed by atoms with van der Waals surface area (Å²) in [6, 6.07) is 8.30. The Morgan fingerprint density at radius 3 is 2.37 bits per heavy atom. The lowest BCUT2D eigenvalue weighted by molar-refractivity contribution is 0.102. The molecule has 0 aliphatic carbocycles. The quantitative estimate of drug-likeness (QED) is 0.817. The number of nitrogen functional groups attached to an aromatic ring is 1. The molecule has 0 saturated heterocycles. The molecule has 0 atom stereocenters. The van der Waals surface area contributed by atoms with Gasteiger partial charge in [0.1, 0.15) is 11.6 Å². The molecule has 19 heavy (non-hydrogen) atoms. The molecule has 0 aliphatic rings. The number of carbonyl (C=O) groups excluding carboxylic acids is 1. The second-order valence-corrected chi connectivity index (χ2v) is 4.16. The molecule has 0 bridgehead atoms. The van der Waals surface area contributed by atoms with Crippen molar-refractivity contribution in [1.82, 2.24) is 0 Å². The fourth-order valence-electron chi connectivity index (χ4n) is 1.60. The third-order valence-corrected chi connectivity index (χ3v) is 2.66. The SMILES string of the molecule is Cc1cc(C(=O)Nc2ccc(N)cc2)c(F)cc1F. The van der Waals surface area contributed by atoms with Crippen LogP contribution in [0.2, 0.25) is 0 Å². The Kier molecular flexibility index (Phi) is 3.46. The number of carbonyl (C=O) groups is 1. The molecule has 2 rings (SSSR count). The minimum absolute atomic E-state index is 0.198. The van der Waals surface area contributed by atoms with Gasteiger partial charge in [-0.05, 0) is 42.8 Å². The molecule has 0 saturated carbocycles. The van der Waals surface area contributed by atoms with Crippen LogP contribution in [0.1, 0.15) is 15.9 Å². The average molecular weight is 262 g/mol.